The molecule has 0 unspecified atom stereocenters. The van der Waals surface area contributed by atoms with Crippen LogP contribution in [0.1, 0.15) is 28.2 Å². The molecule has 6 heteroatoms. The third-order valence-corrected chi connectivity index (χ3v) is 5.09. The summed E-state index contributed by atoms with van der Waals surface area (Å²) < 4.78 is 2.62. The molecule has 0 spiro atoms. The molecular weight excluding hydrogens is 330 g/mol. The lowest BCUT2D eigenvalue weighted by atomic mass is 10.1. The van der Waals surface area contributed by atoms with E-state index in [4.69, 9.17) is 17.3 Å². The van der Waals surface area contributed by atoms with Gasteiger partial charge in [0.2, 0.25) is 0 Å². The minimum absolute atomic E-state index is 0.572. The highest BCUT2D eigenvalue weighted by Gasteiger charge is 2.20. The van der Waals surface area contributed by atoms with Gasteiger partial charge < -0.3 is 4.98 Å². The van der Waals surface area contributed by atoms with Crippen molar-refractivity contribution in [2.24, 2.45) is 0 Å². The zero-order valence-corrected chi connectivity index (χ0v) is 15.3. The van der Waals surface area contributed by atoms with E-state index in [1.54, 1.807) is 0 Å². The number of H-pyrrole nitrogens is 1. The molecule has 0 amide bonds. The second kappa shape index (κ2) is 6.54. The normalized spacial score (nSPS) is 14.5. The molecule has 5 nitrogen and oxygen atoms in total. The van der Waals surface area contributed by atoms with Gasteiger partial charge in [0.05, 0.1) is 11.4 Å². The van der Waals surface area contributed by atoms with E-state index in [1.807, 2.05) is 29.1 Å². The van der Waals surface area contributed by atoms with Crippen LogP contribution in [0.2, 0.25) is 0 Å². The lowest BCUT2D eigenvalue weighted by Gasteiger charge is -2.28. The Labute approximate surface area is 152 Å². The maximum absolute atomic E-state index is 5.12. The first-order chi connectivity index (χ1) is 12.1. The molecule has 0 radical (unpaired) electrons. The largest absolute Gasteiger partial charge is 0.334 e. The zero-order valence-electron chi connectivity index (χ0n) is 14.5. The summed E-state index contributed by atoms with van der Waals surface area (Å²) in [6.45, 7) is 7.05. The van der Waals surface area contributed by atoms with Crippen LogP contribution in [0.15, 0.2) is 36.5 Å². The zero-order chi connectivity index (χ0) is 17.4. The predicted molar refractivity (Wildman–Crippen MR) is 100 cm³/mol. The van der Waals surface area contributed by atoms with Gasteiger partial charge in [-0.15, -0.1) is 0 Å². The molecule has 4 rings (SSSR count). The topological polar surface area (TPSA) is 49.7 Å². The van der Waals surface area contributed by atoms with Gasteiger partial charge in [-0.25, -0.2) is 9.67 Å². The molecule has 3 aromatic rings. The van der Waals surface area contributed by atoms with Crippen molar-refractivity contribution < 1.29 is 0 Å². The van der Waals surface area contributed by atoms with Crippen molar-refractivity contribution in [1.29, 1.82) is 0 Å². The minimum Gasteiger partial charge on any atom is -0.334 e. The molecule has 1 N–H and O–H groups in total. The third-order valence-electron chi connectivity index (χ3n) is 4.88. The maximum Gasteiger partial charge on any atom is 0.196 e. The summed E-state index contributed by atoms with van der Waals surface area (Å²) in [6.07, 6.45) is 2.89. The van der Waals surface area contributed by atoms with Gasteiger partial charge >= 0.3 is 0 Å². The Morgan fingerprint density at radius 1 is 1.20 bits per heavy atom. The van der Waals surface area contributed by atoms with Crippen LogP contribution in [0.4, 0.5) is 0 Å². The van der Waals surface area contributed by atoms with Gasteiger partial charge in [0.15, 0.2) is 4.77 Å². The fraction of sp³-hybridized carbons (Fsp3) is 0.316. The quantitative estimate of drug-likeness (QED) is 0.734. The number of nitrogens with one attached hydrogen (secondary N) is 1. The Hall–Kier alpha value is -2.31. The molecule has 1 aromatic carbocycles. The number of rotatable bonds is 3. The van der Waals surface area contributed by atoms with Gasteiger partial charge in [-0.05, 0) is 38.2 Å². The summed E-state index contributed by atoms with van der Waals surface area (Å²) in [5.74, 6) is 0. The highest BCUT2D eigenvalue weighted by Crippen LogP contribution is 2.23. The van der Waals surface area contributed by atoms with E-state index in [0.29, 0.717) is 4.77 Å². The summed E-state index contributed by atoms with van der Waals surface area (Å²) in [5, 5.41) is 4.76. The summed E-state index contributed by atoms with van der Waals surface area (Å²) in [4.78, 5) is 9.90. The standard InChI is InChI=1S/C19H21N5S/c1-13-17(14(2)24(22-13)16-6-4-3-5-7-16)12-23-9-8-18-15(11-23)10-20-19(25)21-18/h3-7,10H,8-9,11-12H2,1-2H3,(H,20,21,25). The van der Waals surface area contributed by atoms with Crippen LogP contribution in [0.3, 0.4) is 0 Å². The first-order valence-electron chi connectivity index (χ1n) is 8.52. The van der Waals surface area contributed by atoms with Crippen LogP contribution >= 0.6 is 12.2 Å². The van der Waals surface area contributed by atoms with Crippen LogP contribution in [0.25, 0.3) is 5.69 Å². The van der Waals surface area contributed by atoms with Crippen LogP contribution in [0.5, 0.6) is 0 Å². The lowest BCUT2D eigenvalue weighted by Crippen LogP contribution is -2.31. The van der Waals surface area contributed by atoms with E-state index >= 15 is 0 Å². The average Bonchev–Trinajstić information content (AvgIpc) is 2.91. The monoisotopic (exact) mass is 351 g/mol. The number of nitrogens with zero attached hydrogens (tertiary/aromatic N) is 4. The van der Waals surface area contributed by atoms with E-state index in [9.17, 15) is 0 Å². The first kappa shape index (κ1) is 16.2. The fourth-order valence-corrected chi connectivity index (χ4v) is 3.66. The molecule has 128 valence electrons. The molecule has 2 aromatic heterocycles. The van der Waals surface area contributed by atoms with Crippen LogP contribution in [0, 0.1) is 18.6 Å². The number of aromatic amines is 1. The van der Waals surface area contributed by atoms with Gasteiger partial charge in [-0.1, -0.05) is 18.2 Å². The number of hydrogen-bond donors (Lipinski definition) is 1. The number of aryl methyl sites for hydroxylation is 1. The number of aromatic nitrogens is 4. The summed E-state index contributed by atoms with van der Waals surface area (Å²) in [7, 11) is 0. The van der Waals surface area contributed by atoms with Crippen LogP contribution < -0.4 is 0 Å². The van der Waals surface area contributed by atoms with Gasteiger partial charge in [0, 0.05) is 54.8 Å². The molecule has 0 saturated heterocycles. The average molecular weight is 351 g/mol. The lowest BCUT2D eigenvalue weighted by molar-refractivity contribution is 0.242. The number of para-hydroxylation sites is 1. The second-order valence-electron chi connectivity index (χ2n) is 6.55. The molecule has 0 aliphatic carbocycles. The number of benzene rings is 1. The molecule has 3 heterocycles. The third kappa shape index (κ3) is 3.15. The smallest absolute Gasteiger partial charge is 0.196 e. The van der Waals surface area contributed by atoms with E-state index < -0.39 is 0 Å². The summed E-state index contributed by atoms with van der Waals surface area (Å²) in [6, 6.07) is 10.3. The molecule has 0 fully saturated rings. The van der Waals surface area contributed by atoms with Crippen molar-refractivity contribution >= 4 is 12.2 Å². The van der Waals surface area contributed by atoms with E-state index in [1.165, 1.54) is 22.5 Å². The Morgan fingerprint density at radius 2 is 2.00 bits per heavy atom. The highest BCUT2D eigenvalue weighted by atomic mass is 32.1. The minimum atomic E-state index is 0.572. The van der Waals surface area contributed by atoms with E-state index in [2.05, 4.69) is 40.8 Å². The van der Waals surface area contributed by atoms with Crippen LogP contribution in [-0.2, 0) is 19.5 Å². The molecule has 1 aliphatic rings. The molecule has 25 heavy (non-hydrogen) atoms. The van der Waals surface area contributed by atoms with Gasteiger partial charge in [0.1, 0.15) is 0 Å². The van der Waals surface area contributed by atoms with Crippen molar-refractivity contribution in [3.8, 4) is 5.69 Å². The molecule has 0 atom stereocenters. The molecule has 0 saturated carbocycles. The van der Waals surface area contributed by atoms with Crippen molar-refractivity contribution in [1.82, 2.24) is 24.6 Å². The van der Waals surface area contributed by atoms with Crippen molar-refractivity contribution in [2.75, 3.05) is 6.54 Å². The Bertz CT molecular complexity index is 958. The van der Waals surface area contributed by atoms with Gasteiger partial charge in [-0.2, -0.15) is 5.10 Å². The Balaban J connectivity index is 1.59. The molecule has 0 bridgehead atoms. The van der Waals surface area contributed by atoms with Crippen molar-refractivity contribution in [3.63, 3.8) is 0 Å². The SMILES string of the molecule is Cc1nn(-c2ccccc2)c(C)c1CN1CCc2[nH]c(=S)ncc2C1. The predicted octanol–water partition coefficient (Wildman–Crippen LogP) is 3.50. The second-order valence-corrected chi connectivity index (χ2v) is 6.94. The van der Waals surface area contributed by atoms with Crippen molar-refractivity contribution in [3.05, 3.63) is 69.5 Å². The maximum atomic E-state index is 5.12. The summed E-state index contributed by atoms with van der Waals surface area (Å²) in [5.41, 5.74) is 7.19. The molecule has 1 aliphatic heterocycles. The van der Waals surface area contributed by atoms with E-state index in [-0.39, 0.29) is 0 Å². The fourth-order valence-electron chi connectivity index (χ4n) is 3.49. The number of fused-ring (bicyclic) bond motifs is 1. The number of hydrogen-bond acceptors (Lipinski definition) is 4. The molecular formula is C19H21N5S. The van der Waals surface area contributed by atoms with Gasteiger partial charge in [0.25, 0.3) is 0 Å². The first-order valence-corrected chi connectivity index (χ1v) is 8.92. The van der Waals surface area contributed by atoms with Gasteiger partial charge in [-0.3, -0.25) is 4.90 Å². The van der Waals surface area contributed by atoms with Crippen LogP contribution in [-0.4, -0.2) is 31.2 Å². The van der Waals surface area contributed by atoms with Crippen molar-refractivity contribution in [2.45, 2.75) is 33.4 Å². The summed E-state index contributed by atoms with van der Waals surface area (Å²) >= 11 is 5.12. The Morgan fingerprint density at radius 3 is 2.80 bits per heavy atom. The Kier molecular flexibility index (Phi) is 4.23. The van der Waals surface area contributed by atoms with E-state index in [0.717, 1.165) is 37.4 Å². The highest BCUT2D eigenvalue weighted by molar-refractivity contribution is 7.71.